The van der Waals surface area contributed by atoms with Crippen LogP contribution < -0.4 is 0 Å². The number of rotatable bonds is 0. The second-order valence-corrected chi connectivity index (χ2v) is 3.08. The normalized spacial score (nSPS) is 7.50. The summed E-state index contributed by atoms with van der Waals surface area (Å²) in [4.78, 5) is 27.4. The van der Waals surface area contributed by atoms with Gasteiger partial charge in [0.2, 0.25) is 0 Å². The van der Waals surface area contributed by atoms with Crippen molar-refractivity contribution in [2.45, 2.75) is 34.6 Å². The number of carbonyl (C=O) groups is 1. The third kappa shape index (κ3) is 198. The maximum absolute atomic E-state index is 9.70. The van der Waals surface area contributed by atoms with Crippen LogP contribution in [0.3, 0.4) is 0 Å². The molecular weight excluding hydrogens is 280 g/mol. The molecule has 5 heteroatoms. The first-order valence-corrected chi connectivity index (χ1v) is 3.59. The molecule has 14 heavy (non-hydrogen) atoms. The molecule has 0 bridgehead atoms. The van der Waals surface area contributed by atoms with E-state index in [0.717, 1.165) is 6.92 Å². The average molecular weight is 296 g/mol. The van der Waals surface area contributed by atoms with E-state index in [1.165, 1.54) is 13.2 Å². The largest absolute Gasteiger partial charge is 0.542 e. The van der Waals surface area contributed by atoms with Gasteiger partial charge in [-0.15, -0.1) is 5.41 Å². The zero-order chi connectivity index (χ0) is 11.5. The van der Waals surface area contributed by atoms with Crippen molar-refractivity contribution in [3.05, 3.63) is 0 Å². The van der Waals surface area contributed by atoms with Gasteiger partial charge in [-0.25, -0.2) is 0 Å². The smallest absolute Gasteiger partial charge is 0.300 e. The summed E-state index contributed by atoms with van der Waals surface area (Å²) in [6.45, 7) is 7.86. The van der Waals surface area contributed by atoms with Crippen LogP contribution in [0.15, 0.2) is 0 Å². The molecule has 89 valence electrons. The Balaban J connectivity index is -0.0000000553. The van der Waals surface area contributed by atoms with E-state index in [2.05, 4.69) is 0 Å². The van der Waals surface area contributed by atoms with Gasteiger partial charge in [0.15, 0.2) is 0 Å². The fourth-order valence-electron chi connectivity index (χ4n) is 0. The van der Waals surface area contributed by atoms with Crippen LogP contribution >= 0.6 is 0 Å². The van der Waals surface area contributed by atoms with Crippen molar-refractivity contribution >= 4 is 18.5 Å². The van der Waals surface area contributed by atoms with Crippen LogP contribution in [-0.4, -0.2) is 23.6 Å². The Bertz CT molecular complexity index is 145. The molecular formula is C9H16AgO4-2. The summed E-state index contributed by atoms with van der Waals surface area (Å²) in [7, 11) is 0. The van der Waals surface area contributed by atoms with Crippen LogP contribution in [0.5, 0.6) is 0 Å². The third-order valence-corrected chi connectivity index (χ3v) is 0.306. The Morgan fingerprint density at radius 3 is 1.29 bits per heavy atom. The van der Waals surface area contributed by atoms with Gasteiger partial charge in [0.05, 0.1) is 0 Å². The van der Waals surface area contributed by atoms with Gasteiger partial charge in [0.1, 0.15) is 0 Å². The van der Waals surface area contributed by atoms with Crippen LogP contribution in [0.4, 0.5) is 0 Å². The van der Waals surface area contributed by atoms with Crippen molar-refractivity contribution < 1.29 is 41.9 Å². The minimum Gasteiger partial charge on any atom is -0.542 e. The molecule has 0 spiro atoms. The molecule has 0 aromatic carbocycles. The van der Waals surface area contributed by atoms with Crippen LogP contribution in [0, 0.1) is 5.41 Å². The van der Waals surface area contributed by atoms with E-state index in [4.69, 9.17) is 14.7 Å². The maximum atomic E-state index is 9.70. The van der Waals surface area contributed by atoms with Gasteiger partial charge in [0, 0.05) is 29.3 Å². The van der Waals surface area contributed by atoms with E-state index in [9.17, 15) is 4.79 Å². The summed E-state index contributed by atoms with van der Waals surface area (Å²) in [6.07, 6.45) is 3.35. The standard InChI is InChI=1S/C5H9O.C2H4O2.C2H3O.Ag/c1-5(2,3)4-6;1-2(3)4;1-2-3;/h1-3H3;1H3,(H,3,4);1H3;/q-1;;-1;. The molecule has 0 heterocycles. The molecule has 0 aliphatic carbocycles. The van der Waals surface area contributed by atoms with Gasteiger partial charge in [0.25, 0.3) is 5.97 Å². The van der Waals surface area contributed by atoms with Gasteiger partial charge >= 0.3 is 0 Å². The van der Waals surface area contributed by atoms with E-state index in [1.54, 1.807) is 0 Å². The van der Waals surface area contributed by atoms with Crippen LogP contribution in [0.2, 0.25) is 0 Å². The first kappa shape index (κ1) is 23.4. The van der Waals surface area contributed by atoms with Crippen LogP contribution in [0.25, 0.3) is 0 Å². The van der Waals surface area contributed by atoms with Gasteiger partial charge in [-0.05, 0) is 0 Å². The molecule has 0 aliphatic rings. The van der Waals surface area contributed by atoms with Crippen molar-refractivity contribution in [2.24, 2.45) is 5.41 Å². The van der Waals surface area contributed by atoms with E-state index >= 15 is 0 Å². The monoisotopic (exact) mass is 295 g/mol. The molecule has 0 saturated heterocycles. The molecule has 0 atom stereocenters. The molecule has 0 aliphatic heterocycles. The van der Waals surface area contributed by atoms with Gasteiger partial charge in [-0.3, -0.25) is 17.4 Å². The molecule has 0 aromatic rings. The minimum atomic E-state index is -0.833. The Hall–Kier alpha value is -0.450. The van der Waals surface area contributed by atoms with E-state index in [0.29, 0.717) is 0 Å². The zero-order valence-corrected chi connectivity index (χ0v) is 10.5. The first-order chi connectivity index (χ1) is 5.71. The second kappa shape index (κ2) is 15.0. The summed E-state index contributed by atoms with van der Waals surface area (Å²) in [5.74, 6) is -0.833. The topological polar surface area (TPSA) is 71.4 Å². The number of aliphatic carboxylic acids is 1. The Labute approximate surface area is 101 Å². The predicted molar refractivity (Wildman–Crippen MR) is 49.8 cm³/mol. The van der Waals surface area contributed by atoms with Gasteiger partial charge in [-0.1, -0.05) is 20.8 Å². The van der Waals surface area contributed by atoms with Crippen molar-refractivity contribution in [1.82, 2.24) is 0 Å². The second-order valence-electron chi connectivity index (χ2n) is 3.08. The molecule has 0 amide bonds. The molecule has 0 saturated carbocycles. The minimum absolute atomic E-state index is 0. The molecule has 4 nitrogen and oxygen atoms in total. The predicted octanol–water partition coefficient (Wildman–Crippen LogP) is 1.35. The van der Waals surface area contributed by atoms with Crippen molar-refractivity contribution in [1.29, 1.82) is 0 Å². The van der Waals surface area contributed by atoms with Crippen LogP contribution in [0.1, 0.15) is 34.6 Å². The molecule has 0 unspecified atom stereocenters. The summed E-state index contributed by atoms with van der Waals surface area (Å²) < 4.78 is 0. The molecule has 0 aromatic heterocycles. The Morgan fingerprint density at radius 2 is 1.29 bits per heavy atom. The molecule has 1 radical (unpaired) electrons. The Morgan fingerprint density at radius 1 is 1.21 bits per heavy atom. The number of carboxylic acid groups (broad SMARTS) is 1. The van der Waals surface area contributed by atoms with E-state index in [1.807, 2.05) is 27.1 Å². The first-order valence-electron chi connectivity index (χ1n) is 3.59. The number of hydrogen-bond acceptors (Lipinski definition) is 3. The van der Waals surface area contributed by atoms with Gasteiger partial charge in [-0.2, -0.15) is 6.92 Å². The number of carboxylic acids is 1. The van der Waals surface area contributed by atoms with Gasteiger partial charge < -0.3 is 14.7 Å². The van der Waals surface area contributed by atoms with Crippen LogP contribution in [-0.2, 0) is 36.8 Å². The van der Waals surface area contributed by atoms with Crippen molar-refractivity contribution in [2.75, 3.05) is 0 Å². The van der Waals surface area contributed by atoms with E-state index < -0.39 is 5.97 Å². The average Bonchev–Trinajstić information content (AvgIpc) is 1.86. The van der Waals surface area contributed by atoms with Crippen molar-refractivity contribution in [3.8, 4) is 0 Å². The Kier molecular flexibility index (Phi) is 25.1. The summed E-state index contributed by atoms with van der Waals surface area (Å²) in [5, 5.41) is 7.42. The molecule has 1 N–H and O–H groups in total. The number of hydrogen-bond donors (Lipinski definition) is 1. The summed E-state index contributed by atoms with van der Waals surface area (Å²) in [5.41, 5.74) is -0.264. The molecule has 0 fully saturated rings. The quantitative estimate of drug-likeness (QED) is 0.541. The zero-order valence-electron chi connectivity index (χ0n) is 8.97. The fraction of sp³-hybridized carbons (Fsp3) is 0.667. The summed E-state index contributed by atoms with van der Waals surface area (Å²) >= 11 is 0. The summed E-state index contributed by atoms with van der Waals surface area (Å²) in [6, 6.07) is 0. The molecule has 0 rings (SSSR count). The van der Waals surface area contributed by atoms with E-state index in [-0.39, 0.29) is 27.8 Å². The number of carbonyl (C=O) groups excluding carboxylic acids is 2. The fourth-order valence-corrected chi connectivity index (χ4v) is 0. The third-order valence-electron chi connectivity index (χ3n) is 0.306. The van der Waals surface area contributed by atoms with Crippen molar-refractivity contribution in [3.63, 3.8) is 0 Å². The SMILES string of the molecule is CC(=O)O.CC(C)(C)[C-]=O.C[C-]=O.[Ag]. The maximum Gasteiger partial charge on any atom is 0.300 e.